The van der Waals surface area contributed by atoms with Crippen LogP contribution in [0, 0.1) is 0 Å². The third-order valence-electron chi connectivity index (χ3n) is 4.32. The van der Waals surface area contributed by atoms with Crippen LogP contribution in [-0.2, 0) is 9.53 Å². The summed E-state index contributed by atoms with van der Waals surface area (Å²) < 4.78 is 29.1. The molecule has 0 aliphatic heterocycles. The topological polar surface area (TPSA) is 26.3 Å². The molecule has 0 saturated carbocycles. The van der Waals surface area contributed by atoms with Gasteiger partial charge in [-0.15, -0.1) is 0 Å². The van der Waals surface area contributed by atoms with E-state index in [1.807, 2.05) is 0 Å². The largest absolute Gasteiger partial charge is 0.462 e. The SMILES string of the molecule is CCCCCCCCCCCCCCCCOC(=O)C(C)=C(F)F. The lowest BCUT2D eigenvalue weighted by atomic mass is 10.0. The summed E-state index contributed by atoms with van der Waals surface area (Å²) in [6.45, 7) is 3.57. The molecular formula is C20H36F2O2. The molecule has 0 heterocycles. The van der Waals surface area contributed by atoms with Crippen LogP contribution in [0.3, 0.4) is 0 Å². The monoisotopic (exact) mass is 346 g/mol. The second kappa shape index (κ2) is 16.9. The summed E-state index contributed by atoms with van der Waals surface area (Å²) in [7, 11) is 0. The standard InChI is InChI=1S/C20H36F2O2/c1-3-4-5-6-7-8-9-10-11-12-13-14-15-16-17-24-20(23)18(2)19(21)22/h3-17H2,1-2H3. The smallest absolute Gasteiger partial charge is 0.339 e. The highest BCUT2D eigenvalue weighted by molar-refractivity contribution is 5.87. The zero-order chi connectivity index (χ0) is 18.0. The van der Waals surface area contributed by atoms with E-state index in [0.29, 0.717) is 0 Å². The average molecular weight is 347 g/mol. The van der Waals surface area contributed by atoms with Gasteiger partial charge in [0.25, 0.3) is 6.08 Å². The predicted molar refractivity (Wildman–Crippen MR) is 96.2 cm³/mol. The van der Waals surface area contributed by atoms with Crippen molar-refractivity contribution in [2.45, 2.75) is 104 Å². The minimum absolute atomic E-state index is 0.238. The van der Waals surface area contributed by atoms with E-state index in [-0.39, 0.29) is 6.61 Å². The van der Waals surface area contributed by atoms with Crippen molar-refractivity contribution in [3.8, 4) is 0 Å². The lowest BCUT2D eigenvalue weighted by Gasteiger charge is -2.05. The Morgan fingerprint density at radius 1 is 0.708 bits per heavy atom. The Balaban J connectivity index is 3.21. The van der Waals surface area contributed by atoms with E-state index in [2.05, 4.69) is 6.92 Å². The maximum absolute atomic E-state index is 12.2. The Morgan fingerprint density at radius 3 is 1.46 bits per heavy atom. The van der Waals surface area contributed by atoms with Gasteiger partial charge in [0.15, 0.2) is 0 Å². The first-order valence-electron chi connectivity index (χ1n) is 9.78. The van der Waals surface area contributed by atoms with Gasteiger partial charge in [-0.05, 0) is 13.3 Å². The Morgan fingerprint density at radius 2 is 1.08 bits per heavy atom. The Hall–Kier alpha value is -0.930. The minimum atomic E-state index is -1.96. The van der Waals surface area contributed by atoms with Crippen LogP contribution in [0.5, 0.6) is 0 Å². The number of hydrogen-bond donors (Lipinski definition) is 0. The highest BCUT2D eigenvalue weighted by Gasteiger charge is 2.11. The molecule has 24 heavy (non-hydrogen) atoms. The molecule has 0 amide bonds. The summed E-state index contributed by atoms with van der Waals surface area (Å²) in [5, 5.41) is 0. The van der Waals surface area contributed by atoms with Crippen LogP contribution in [0.2, 0.25) is 0 Å². The van der Waals surface area contributed by atoms with Crippen LogP contribution in [0.25, 0.3) is 0 Å². The summed E-state index contributed by atoms with van der Waals surface area (Å²) in [6, 6.07) is 0. The van der Waals surface area contributed by atoms with Gasteiger partial charge >= 0.3 is 5.97 Å². The zero-order valence-corrected chi connectivity index (χ0v) is 15.7. The Labute approximate surface area is 147 Å². The van der Waals surface area contributed by atoms with Gasteiger partial charge < -0.3 is 4.74 Å². The molecule has 0 atom stereocenters. The molecule has 142 valence electrons. The molecule has 0 fully saturated rings. The van der Waals surface area contributed by atoms with Crippen molar-refractivity contribution in [3.63, 3.8) is 0 Å². The van der Waals surface area contributed by atoms with Crippen molar-refractivity contribution in [1.82, 2.24) is 0 Å². The van der Waals surface area contributed by atoms with Crippen LogP contribution in [0.4, 0.5) is 8.78 Å². The van der Waals surface area contributed by atoms with Crippen molar-refractivity contribution < 1.29 is 18.3 Å². The van der Waals surface area contributed by atoms with Crippen LogP contribution < -0.4 is 0 Å². The highest BCUT2D eigenvalue weighted by atomic mass is 19.3. The van der Waals surface area contributed by atoms with Crippen molar-refractivity contribution >= 4 is 5.97 Å². The van der Waals surface area contributed by atoms with Gasteiger partial charge in [0.05, 0.1) is 12.2 Å². The molecule has 2 nitrogen and oxygen atoms in total. The zero-order valence-electron chi connectivity index (χ0n) is 15.7. The third-order valence-corrected chi connectivity index (χ3v) is 4.32. The molecule has 0 aliphatic carbocycles. The molecule has 0 aromatic rings. The molecule has 0 aliphatic rings. The summed E-state index contributed by atoms with van der Waals surface area (Å²) in [5.41, 5.74) is -0.583. The van der Waals surface area contributed by atoms with Crippen LogP contribution in [0.1, 0.15) is 104 Å². The molecule has 0 N–H and O–H groups in total. The van der Waals surface area contributed by atoms with Gasteiger partial charge in [-0.3, -0.25) is 0 Å². The Kier molecular flexibility index (Phi) is 16.3. The Bertz CT molecular complexity index is 337. The first-order valence-corrected chi connectivity index (χ1v) is 9.78. The summed E-state index contributed by atoms with van der Waals surface area (Å²) >= 11 is 0. The molecule has 0 rings (SSSR count). The van der Waals surface area contributed by atoms with E-state index in [0.717, 1.165) is 26.2 Å². The molecule has 0 aromatic carbocycles. The minimum Gasteiger partial charge on any atom is -0.462 e. The van der Waals surface area contributed by atoms with Crippen LogP contribution in [-0.4, -0.2) is 12.6 Å². The van der Waals surface area contributed by atoms with E-state index in [1.165, 1.54) is 70.6 Å². The van der Waals surface area contributed by atoms with Gasteiger partial charge in [0, 0.05) is 0 Å². The number of rotatable bonds is 16. The highest BCUT2D eigenvalue weighted by Crippen LogP contribution is 2.13. The predicted octanol–water partition coefficient (Wildman–Crippen LogP) is 7.18. The normalized spacial score (nSPS) is 10.7. The number of esters is 1. The first-order chi connectivity index (χ1) is 11.6. The number of carbonyl (C=O) groups excluding carboxylic acids is 1. The van der Waals surface area contributed by atoms with Gasteiger partial charge in [0.2, 0.25) is 0 Å². The van der Waals surface area contributed by atoms with E-state index in [4.69, 9.17) is 4.74 Å². The van der Waals surface area contributed by atoms with E-state index >= 15 is 0 Å². The van der Waals surface area contributed by atoms with E-state index in [1.54, 1.807) is 0 Å². The molecule has 0 unspecified atom stereocenters. The lowest BCUT2D eigenvalue weighted by Crippen LogP contribution is -2.07. The van der Waals surface area contributed by atoms with Crippen LogP contribution >= 0.6 is 0 Å². The van der Waals surface area contributed by atoms with Crippen molar-refractivity contribution in [1.29, 1.82) is 0 Å². The molecule has 4 heteroatoms. The average Bonchev–Trinajstić information content (AvgIpc) is 2.57. The number of carbonyl (C=O) groups is 1. The second-order valence-electron chi connectivity index (χ2n) is 6.62. The van der Waals surface area contributed by atoms with Crippen molar-refractivity contribution in [3.05, 3.63) is 11.7 Å². The fraction of sp³-hybridized carbons (Fsp3) is 0.850. The number of ether oxygens (including phenoxy) is 1. The number of halogens is 2. The third kappa shape index (κ3) is 14.6. The molecular weight excluding hydrogens is 310 g/mol. The molecule has 0 bridgehead atoms. The number of unbranched alkanes of at least 4 members (excludes halogenated alkanes) is 13. The fourth-order valence-corrected chi connectivity index (χ4v) is 2.65. The number of hydrogen-bond acceptors (Lipinski definition) is 2. The molecule has 0 saturated heterocycles. The maximum atomic E-state index is 12.2. The van der Waals surface area contributed by atoms with Crippen molar-refractivity contribution in [2.75, 3.05) is 6.61 Å². The maximum Gasteiger partial charge on any atom is 0.339 e. The molecule has 0 radical (unpaired) electrons. The van der Waals surface area contributed by atoms with Gasteiger partial charge in [0.1, 0.15) is 0 Å². The first kappa shape index (κ1) is 23.1. The fourth-order valence-electron chi connectivity index (χ4n) is 2.65. The summed E-state index contributed by atoms with van der Waals surface area (Å²) in [4.78, 5) is 11.2. The van der Waals surface area contributed by atoms with Crippen molar-refractivity contribution in [2.24, 2.45) is 0 Å². The van der Waals surface area contributed by atoms with Gasteiger partial charge in [-0.2, -0.15) is 8.78 Å². The quantitative estimate of drug-likeness (QED) is 0.168. The second-order valence-corrected chi connectivity index (χ2v) is 6.62. The van der Waals surface area contributed by atoms with Gasteiger partial charge in [-0.25, -0.2) is 4.79 Å². The summed E-state index contributed by atoms with van der Waals surface area (Å²) in [6.07, 6.45) is 15.6. The van der Waals surface area contributed by atoms with E-state index < -0.39 is 17.6 Å². The summed E-state index contributed by atoms with van der Waals surface area (Å²) in [5.74, 6) is -0.898. The van der Waals surface area contributed by atoms with Gasteiger partial charge in [-0.1, -0.05) is 90.4 Å². The molecule has 0 aromatic heterocycles. The lowest BCUT2D eigenvalue weighted by molar-refractivity contribution is -0.139. The van der Waals surface area contributed by atoms with E-state index in [9.17, 15) is 13.6 Å². The van der Waals surface area contributed by atoms with Crippen LogP contribution in [0.15, 0.2) is 11.7 Å². The molecule has 0 spiro atoms.